The quantitative estimate of drug-likeness (QED) is 0.800. The van der Waals surface area contributed by atoms with Crippen molar-refractivity contribution in [3.05, 3.63) is 77.4 Å². The van der Waals surface area contributed by atoms with Gasteiger partial charge in [-0.1, -0.05) is 54.5 Å². The SMILES string of the molecule is C#Cc1cccc(C2=CC3COCC(C2)N3Cc2ccccc2)c1. The molecule has 0 spiro atoms. The van der Waals surface area contributed by atoms with Crippen molar-refractivity contribution in [2.75, 3.05) is 13.2 Å². The van der Waals surface area contributed by atoms with E-state index in [0.29, 0.717) is 12.1 Å². The van der Waals surface area contributed by atoms with Crippen LogP contribution in [0.15, 0.2) is 60.7 Å². The maximum Gasteiger partial charge on any atom is 0.0658 e. The summed E-state index contributed by atoms with van der Waals surface area (Å²) in [4.78, 5) is 2.58. The smallest absolute Gasteiger partial charge is 0.0658 e. The molecule has 2 nitrogen and oxygen atoms in total. The lowest BCUT2D eigenvalue weighted by atomic mass is 9.89. The van der Waals surface area contributed by atoms with Gasteiger partial charge in [-0.2, -0.15) is 0 Å². The van der Waals surface area contributed by atoms with Gasteiger partial charge in [0.15, 0.2) is 0 Å². The Kier molecular flexibility index (Phi) is 4.21. The summed E-state index contributed by atoms with van der Waals surface area (Å²) in [5.41, 5.74) is 4.96. The average Bonchev–Trinajstić information content (AvgIpc) is 2.62. The summed E-state index contributed by atoms with van der Waals surface area (Å²) in [5, 5.41) is 0. The van der Waals surface area contributed by atoms with Crippen molar-refractivity contribution in [1.29, 1.82) is 0 Å². The monoisotopic (exact) mass is 315 g/mol. The van der Waals surface area contributed by atoms with Crippen LogP contribution in [0.25, 0.3) is 5.57 Å². The number of morpholine rings is 1. The maximum absolute atomic E-state index is 5.81. The molecule has 0 radical (unpaired) electrons. The number of hydrogen-bond acceptors (Lipinski definition) is 2. The molecule has 2 bridgehead atoms. The van der Waals surface area contributed by atoms with Gasteiger partial charge in [0, 0.05) is 18.2 Å². The molecule has 2 atom stereocenters. The lowest BCUT2D eigenvalue weighted by Gasteiger charge is -2.45. The number of hydrogen-bond donors (Lipinski definition) is 0. The highest BCUT2D eigenvalue weighted by Gasteiger charge is 2.34. The van der Waals surface area contributed by atoms with Gasteiger partial charge in [-0.25, -0.2) is 0 Å². The third-order valence-electron chi connectivity index (χ3n) is 4.95. The highest BCUT2D eigenvalue weighted by atomic mass is 16.5. The summed E-state index contributed by atoms with van der Waals surface area (Å²) >= 11 is 0. The lowest BCUT2D eigenvalue weighted by Crippen LogP contribution is -2.53. The zero-order valence-electron chi connectivity index (χ0n) is 13.7. The molecule has 0 amide bonds. The van der Waals surface area contributed by atoms with Gasteiger partial charge in [0.2, 0.25) is 0 Å². The number of rotatable bonds is 3. The summed E-state index contributed by atoms with van der Waals surface area (Å²) in [6.45, 7) is 2.55. The normalized spacial score (nSPS) is 23.4. The molecule has 2 heteroatoms. The molecular weight excluding hydrogens is 294 g/mol. The van der Waals surface area contributed by atoms with Gasteiger partial charge in [-0.15, -0.1) is 6.42 Å². The van der Waals surface area contributed by atoms with Crippen LogP contribution in [-0.2, 0) is 11.3 Å². The van der Waals surface area contributed by atoms with Crippen LogP contribution in [-0.4, -0.2) is 30.2 Å². The molecule has 0 saturated carbocycles. The van der Waals surface area contributed by atoms with E-state index in [4.69, 9.17) is 11.2 Å². The van der Waals surface area contributed by atoms with E-state index in [1.54, 1.807) is 0 Å². The summed E-state index contributed by atoms with van der Waals surface area (Å²) in [7, 11) is 0. The molecule has 0 aromatic heterocycles. The maximum atomic E-state index is 5.81. The fourth-order valence-corrected chi connectivity index (χ4v) is 3.72. The third kappa shape index (κ3) is 3.01. The standard InChI is InChI=1S/C22H21NO/c1-2-17-9-6-10-19(11-17)20-12-21-15-24-16-22(13-20)23(21)14-18-7-4-3-5-8-18/h1,3-12,21-22H,13-16H2. The van der Waals surface area contributed by atoms with Crippen molar-refractivity contribution in [3.8, 4) is 12.3 Å². The van der Waals surface area contributed by atoms with Crippen molar-refractivity contribution >= 4 is 5.57 Å². The van der Waals surface area contributed by atoms with Crippen LogP contribution in [0.1, 0.15) is 23.1 Å². The van der Waals surface area contributed by atoms with E-state index < -0.39 is 0 Å². The summed E-state index contributed by atoms with van der Waals surface area (Å²) in [6, 6.07) is 19.8. The average molecular weight is 315 g/mol. The van der Waals surface area contributed by atoms with Gasteiger partial charge in [0.25, 0.3) is 0 Å². The number of terminal acetylenes is 1. The fraction of sp³-hybridized carbons (Fsp3) is 0.273. The first-order valence-corrected chi connectivity index (χ1v) is 8.48. The van der Waals surface area contributed by atoms with Crippen LogP contribution < -0.4 is 0 Å². The molecule has 2 aromatic carbocycles. The van der Waals surface area contributed by atoms with E-state index in [1.807, 2.05) is 12.1 Å². The molecule has 2 aliphatic rings. The van der Waals surface area contributed by atoms with Crippen molar-refractivity contribution in [2.45, 2.75) is 25.0 Å². The minimum Gasteiger partial charge on any atom is -0.378 e. The first kappa shape index (κ1) is 15.2. The van der Waals surface area contributed by atoms with E-state index in [9.17, 15) is 0 Å². The largest absolute Gasteiger partial charge is 0.378 e. The molecule has 4 rings (SSSR count). The van der Waals surface area contributed by atoms with E-state index in [0.717, 1.165) is 31.7 Å². The Morgan fingerprint density at radius 3 is 2.75 bits per heavy atom. The highest BCUT2D eigenvalue weighted by Crippen LogP contribution is 2.33. The topological polar surface area (TPSA) is 12.5 Å². The molecule has 24 heavy (non-hydrogen) atoms. The van der Waals surface area contributed by atoms with Crippen LogP contribution in [0, 0.1) is 12.3 Å². The molecule has 120 valence electrons. The van der Waals surface area contributed by atoms with E-state index in [1.165, 1.54) is 16.7 Å². The van der Waals surface area contributed by atoms with Gasteiger partial charge in [0.1, 0.15) is 0 Å². The van der Waals surface area contributed by atoms with Crippen LogP contribution in [0.3, 0.4) is 0 Å². The second kappa shape index (κ2) is 6.65. The first-order chi connectivity index (χ1) is 11.8. The Hall–Kier alpha value is -2.34. The fourth-order valence-electron chi connectivity index (χ4n) is 3.72. The zero-order chi connectivity index (χ0) is 16.4. The Labute approximate surface area is 143 Å². The number of benzene rings is 2. The Morgan fingerprint density at radius 2 is 1.96 bits per heavy atom. The molecule has 0 N–H and O–H groups in total. The predicted molar refractivity (Wildman–Crippen MR) is 97.4 cm³/mol. The first-order valence-electron chi connectivity index (χ1n) is 8.48. The Morgan fingerprint density at radius 1 is 1.08 bits per heavy atom. The summed E-state index contributed by atoms with van der Waals surface area (Å²) in [5.74, 6) is 2.74. The summed E-state index contributed by atoms with van der Waals surface area (Å²) in [6.07, 6.45) is 8.93. The predicted octanol–water partition coefficient (Wildman–Crippen LogP) is 3.72. The van der Waals surface area contributed by atoms with Gasteiger partial charge < -0.3 is 4.74 Å². The van der Waals surface area contributed by atoms with Crippen molar-refractivity contribution in [3.63, 3.8) is 0 Å². The third-order valence-corrected chi connectivity index (χ3v) is 4.95. The van der Waals surface area contributed by atoms with Crippen molar-refractivity contribution in [2.24, 2.45) is 0 Å². The number of fused-ring (bicyclic) bond motifs is 2. The second-order valence-corrected chi connectivity index (χ2v) is 6.54. The van der Waals surface area contributed by atoms with Gasteiger partial charge >= 0.3 is 0 Å². The second-order valence-electron chi connectivity index (χ2n) is 6.54. The molecular formula is C22H21NO. The lowest BCUT2D eigenvalue weighted by molar-refractivity contribution is -0.0402. The van der Waals surface area contributed by atoms with E-state index >= 15 is 0 Å². The van der Waals surface area contributed by atoms with E-state index in [2.05, 4.69) is 59.4 Å². The highest BCUT2D eigenvalue weighted by molar-refractivity contribution is 5.69. The van der Waals surface area contributed by atoms with E-state index in [-0.39, 0.29) is 0 Å². The molecule has 1 saturated heterocycles. The van der Waals surface area contributed by atoms with Crippen LogP contribution in [0.4, 0.5) is 0 Å². The Balaban J connectivity index is 1.61. The molecule has 2 unspecified atom stereocenters. The number of nitrogens with zero attached hydrogens (tertiary/aromatic N) is 1. The zero-order valence-corrected chi connectivity index (χ0v) is 13.7. The van der Waals surface area contributed by atoms with Crippen molar-refractivity contribution < 1.29 is 4.74 Å². The molecule has 2 aromatic rings. The number of ether oxygens (including phenoxy) is 1. The van der Waals surface area contributed by atoms with Gasteiger partial charge in [0.05, 0.1) is 19.3 Å². The van der Waals surface area contributed by atoms with Crippen LogP contribution in [0.2, 0.25) is 0 Å². The molecule has 2 heterocycles. The Bertz CT molecular complexity index is 787. The minimum atomic E-state index is 0.335. The van der Waals surface area contributed by atoms with Gasteiger partial charge in [-0.05, 0) is 35.3 Å². The van der Waals surface area contributed by atoms with Crippen LogP contribution >= 0.6 is 0 Å². The summed E-state index contributed by atoms with van der Waals surface area (Å²) < 4.78 is 5.81. The van der Waals surface area contributed by atoms with Crippen LogP contribution in [0.5, 0.6) is 0 Å². The molecule has 1 fully saturated rings. The van der Waals surface area contributed by atoms with Crippen molar-refractivity contribution in [1.82, 2.24) is 4.90 Å². The molecule has 2 aliphatic heterocycles. The molecule has 0 aliphatic carbocycles. The minimum absolute atomic E-state index is 0.335. The van der Waals surface area contributed by atoms with Gasteiger partial charge in [-0.3, -0.25) is 4.90 Å².